The molecule has 10 nitrogen and oxygen atoms in total. The van der Waals surface area contributed by atoms with Crippen LogP contribution in [0.5, 0.6) is 11.5 Å². The molecule has 3 N–H and O–H groups in total. The normalized spacial score (nSPS) is 14.0. The molecule has 0 aliphatic carbocycles. The van der Waals surface area contributed by atoms with E-state index in [2.05, 4.69) is 25.7 Å². The first-order valence-corrected chi connectivity index (χ1v) is 14.5. The van der Waals surface area contributed by atoms with E-state index in [-0.39, 0.29) is 23.9 Å². The summed E-state index contributed by atoms with van der Waals surface area (Å²) in [6.45, 7) is 2.33. The number of anilines is 3. The summed E-state index contributed by atoms with van der Waals surface area (Å²) in [4.78, 5) is 43.3. The number of benzene rings is 3. The first-order chi connectivity index (χ1) is 21.0. The zero-order chi connectivity index (χ0) is 31.7. The van der Waals surface area contributed by atoms with Crippen molar-refractivity contribution in [2.45, 2.75) is 32.5 Å². The maximum Gasteiger partial charge on any atom is 0.573 e. The molecular weight excluding hydrogens is 599 g/mol. The molecule has 4 rings (SSSR count). The number of alkyl halides is 3. The van der Waals surface area contributed by atoms with Crippen LogP contribution in [0.4, 0.5) is 39.8 Å². The second-order valence-electron chi connectivity index (χ2n) is 9.49. The lowest BCUT2D eigenvalue weighted by atomic mass is 10.1. The van der Waals surface area contributed by atoms with Crippen molar-refractivity contribution in [3.63, 3.8) is 0 Å². The van der Waals surface area contributed by atoms with Gasteiger partial charge in [0.15, 0.2) is 5.17 Å². The van der Waals surface area contributed by atoms with Crippen molar-refractivity contribution >= 4 is 52.0 Å². The molecule has 1 heterocycles. The van der Waals surface area contributed by atoms with Gasteiger partial charge in [0.25, 0.3) is 0 Å². The molecule has 0 radical (unpaired) electrons. The highest BCUT2D eigenvalue weighted by molar-refractivity contribution is 8.15. The van der Waals surface area contributed by atoms with E-state index in [1.807, 2.05) is 19.1 Å². The number of amidine groups is 1. The van der Waals surface area contributed by atoms with Crippen LogP contribution in [0, 0.1) is 0 Å². The first kappa shape index (κ1) is 32.2. The van der Waals surface area contributed by atoms with Gasteiger partial charge in [-0.15, -0.1) is 13.2 Å². The number of methoxy groups -OCH3 is 1. The minimum Gasteiger partial charge on any atom is -0.497 e. The summed E-state index contributed by atoms with van der Waals surface area (Å²) in [5, 5.41) is 8.20. The van der Waals surface area contributed by atoms with Gasteiger partial charge < -0.3 is 25.4 Å². The number of carbonyl (C=O) groups excluding carboxylic acids is 3. The largest absolute Gasteiger partial charge is 0.573 e. The SMILES string of the molecule is CCCc1ccc(OC)cc1N1C(=O)CS/C1=N\C(=O)NCCc1ccc(NC(=O)Nc2ccc(OC(F)(F)F)cc2)cc1. The molecule has 0 saturated carbocycles. The first-order valence-electron chi connectivity index (χ1n) is 13.6. The average Bonchev–Trinajstić information content (AvgIpc) is 3.33. The Hall–Kier alpha value is -4.72. The van der Waals surface area contributed by atoms with Crippen LogP contribution in [0.2, 0.25) is 0 Å². The van der Waals surface area contributed by atoms with Gasteiger partial charge in [-0.25, -0.2) is 9.59 Å². The highest BCUT2D eigenvalue weighted by Gasteiger charge is 2.32. The monoisotopic (exact) mass is 629 g/mol. The summed E-state index contributed by atoms with van der Waals surface area (Å²) in [7, 11) is 1.55. The number of carbonyl (C=O) groups is 3. The molecule has 1 saturated heterocycles. The maximum atomic E-state index is 12.7. The van der Waals surface area contributed by atoms with E-state index in [0.717, 1.165) is 36.1 Å². The number of aliphatic imine (C=N–C) groups is 1. The Kier molecular flexibility index (Phi) is 10.7. The fourth-order valence-electron chi connectivity index (χ4n) is 4.27. The Morgan fingerprint density at radius 1 is 0.955 bits per heavy atom. The molecule has 3 aromatic rings. The number of amides is 5. The van der Waals surface area contributed by atoms with Crippen LogP contribution in [0.3, 0.4) is 0 Å². The van der Waals surface area contributed by atoms with Gasteiger partial charge >= 0.3 is 18.4 Å². The van der Waals surface area contributed by atoms with E-state index in [9.17, 15) is 27.6 Å². The van der Waals surface area contributed by atoms with Crippen molar-refractivity contribution in [2.24, 2.45) is 4.99 Å². The fourth-order valence-corrected chi connectivity index (χ4v) is 5.13. The molecule has 3 aromatic carbocycles. The van der Waals surface area contributed by atoms with Gasteiger partial charge in [-0.2, -0.15) is 4.99 Å². The molecule has 0 atom stereocenters. The van der Waals surface area contributed by atoms with Crippen LogP contribution in [-0.2, 0) is 17.6 Å². The topological polar surface area (TPSA) is 121 Å². The summed E-state index contributed by atoms with van der Waals surface area (Å²) >= 11 is 1.20. The van der Waals surface area contributed by atoms with Crippen molar-refractivity contribution < 1.29 is 37.0 Å². The maximum absolute atomic E-state index is 12.7. The van der Waals surface area contributed by atoms with E-state index in [1.165, 1.54) is 28.8 Å². The van der Waals surface area contributed by atoms with E-state index >= 15 is 0 Å². The molecule has 14 heteroatoms. The van der Waals surface area contributed by atoms with Crippen molar-refractivity contribution in [3.8, 4) is 11.5 Å². The lowest BCUT2D eigenvalue weighted by Gasteiger charge is -2.20. The molecule has 1 aliphatic heterocycles. The number of thioether (sulfide) groups is 1. The zero-order valence-electron chi connectivity index (χ0n) is 23.9. The number of aryl methyl sites for hydroxylation is 1. The molecular formula is C30H30F3N5O5S. The van der Waals surface area contributed by atoms with Gasteiger partial charge in [-0.1, -0.05) is 43.3 Å². The minimum absolute atomic E-state index is 0.164. The average molecular weight is 630 g/mol. The fraction of sp³-hybridized carbons (Fsp3) is 0.267. The lowest BCUT2D eigenvalue weighted by Crippen LogP contribution is -2.32. The van der Waals surface area contributed by atoms with Gasteiger partial charge in [0.1, 0.15) is 11.5 Å². The van der Waals surface area contributed by atoms with Crippen LogP contribution < -0.4 is 30.3 Å². The highest BCUT2D eigenvalue weighted by atomic mass is 32.2. The third-order valence-electron chi connectivity index (χ3n) is 6.26. The Labute approximate surface area is 256 Å². The third kappa shape index (κ3) is 9.14. The summed E-state index contributed by atoms with van der Waals surface area (Å²) in [6.07, 6.45) is -2.67. The van der Waals surface area contributed by atoms with Crippen molar-refractivity contribution in [1.82, 2.24) is 5.32 Å². The van der Waals surface area contributed by atoms with Gasteiger partial charge in [-0.3, -0.25) is 9.69 Å². The quantitative estimate of drug-likeness (QED) is 0.233. The molecule has 1 aliphatic rings. The second-order valence-corrected chi connectivity index (χ2v) is 10.4. The Balaban J connectivity index is 1.28. The summed E-state index contributed by atoms with van der Waals surface area (Å²) in [6, 6.07) is 16.0. The zero-order valence-corrected chi connectivity index (χ0v) is 24.7. The molecule has 44 heavy (non-hydrogen) atoms. The molecule has 1 fully saturated rings. The molecule has 5 amide bonds. The van der Waals surface area contributed by atoms with E-state index in [1.54, 1.807) is 37.4 Å². The molecule has 0 aromatic heterocycles. The van der Waals surface area contributed by atoms with Crippen molar-refractivity contribution in [1.29, 1.82) is 0 Å². The number of nitrogens with one attached hydrogen (secondary N) is 3. The van der Waals surface area contributed by atoms with E-state index in [0.29, 0.717) is 28.7 Å². The standard InChI is InChI=1S/C30H30F3N5O5S/c1-3-4-20-7-12-24(42-2)17-25(20)38-26(39)18-44-29(38)37-27(40)34-16-15-19-5-8-21(9-6-19)35-28(41)36-22-10-13-23(14-11-22)43-30(31,32)33/h5-14,17H,3-4,15-16,18H2,1-2H3,(H,34,40)(H2,35,36,41)/b37-29-. The molecule has 232 valence electrons. The number of hydrogen-bond donors (Lipinski definition) is 3. The van der Waals surface area contributed by atoms with E-state index in [4.69, 9.17) is 4.74 Å². The summed E-state index contributed by atoms with van der Waals surface area (Å²) in [5.41, 5.74) is 3.27. The summed E-state index contributed by atoms with van der Waals surface area (Å²) in [5.74, 6) is 0.217. The minimum atomic E-state index is -4.80. The number of hydrogen-bond acceptors (Lipinski definition) is 6. The Morgan fingerprint density at radius 2 is 1.59 bits per heavy atom. The van der Waals surface area contributed by atoms with Crippen LogP contribution in [0.15, 0.2) is 71.7 Å². The number of halogens is 3. The predicted octanol–water partition coefficient (Wildman–Crippen LogP) is 6.58. The van der Waals surface area contributed by atoms with Gasteiger partial charge in [0.05, 0.1) is 18.6 Å². The predicted molar refractivity (Wildman–Crippen MR) is 164 cm³/mol. The third-order valence-corrected chi connectivity index (χ3v) is 7.19. The molecule has 0 unspecified atom stereocenters. The Morgan fingerprint density at radius 3 is 2.20 bits per heavy atom. The van der Waals surface area contributed by atoms with E-state index < -0.39 is 24.2 Å². The van der Waals surface area contributed by atoms with Gasteiger partial charge in [0, 0.05) is 24.0 Å². The van der Waals surface area contributed by atoms with Crippen LogP contribution in [-0.4, -0.2) is 48.9 Å². The van der Waals surface area contributed by atoms with Gasteiger partial charge in [0.2, 0.25) is 5.91 Å². The number of urea groups is 2. The van der Waals surface area contributed by atoms with Crippen LogP contribution in [0.25, 0.3) is 0 Å². The number of ether oxygens (including phenoxy) is 2. The van der Waals surface area contributed by atoms with Gasteiger partial charge in [-0.05, 0) is 66.4 Å². The van der Waals surface area contributed by atoms with Crippen LogP contribution in [0.1, 0.15) is 24.5 Å². The smallest absolute Gasteiger partial charge is 0.497 e. The van der Waals surface area contributed by atoms with Crippen LogP contribution >= 0.6 is 11.8 Å². The number of nitrogens with zero attached hydrogens (tertiary/aromatic N) is 2. The Bertz CT molecular complexity index is 1510. The second kappa shape index (κ2) is 14.6. The van der Waals surface area contributed by atoms with Crippen molar-refractivity contribution in [3.05, 3.63) is 77.9 Å². The summed E-state index contributed by atoms with van der Waals surface area (Å²) < 4.78 is 46.0. The highest BCUT2D eigenvalue weighted by Crippen LogP contribution is 2.33. The lowest BCUT2D eigenvalue weighted by molar-refractivity contribution is -0.274. The molecule has 0 spiro atoms. The molecule has 0 bridgehead atoms. The number of rotatable bonds is 10. The van der Waals surface area contributed by atoms with Crippen molar-refractivity contribution in [2.75, 3.05) is 34.9 Å².